The van der Waals surface area contributed by atoms with Gasteiger partial charge in [-0.25, -0.2) is 0 Å². The van der Waals surface area contributed by atoms with Crippen LogP contribution in [0.1, 0.15) is 58.8 Å². The first-order valence-corrected chi connectivity index (χ1v) is 7.68. The normalized spacial score (nSPS) is 38.0. The van der Waals surface area contributed by atoms with E-state index in [9.17, 15) is 9.59 Å². The highest BCUT2D eigenvalue weighted by molar-refractivity contribution is 6.00. The van der Waals surface area contributed by atoms with Gasteiger partial charge in [-0.3, -0.25) is 9.59 Å². The Balaban J connectivity index is 1.85. The molecule has 4 nitrogen and oxygen atoms in total. The standard InChI is InChI=1S/C15H24N2O2/c1-10-8-12(9-10)17-11(2)13(18)16-15(14(17)19)6-4-3-5-7-15/h10-12H,3-9H2,1-2H3,(H,16,18). The summed E-state index contributed by atoms with van der Waals surface area (Å²) in [5, 5.41) is 3.05. The van der Waals surface area contributed by atoms with Crippen LogP contribution in [0.25, 0.3) is 0 Å². The van der Waals surface area contributed by atoms with E-state index in [0.717, 1.165) is 38.5 Å². The van der Waals surface area contributed by atoms with Crippen molar-refractivity contribution >= 4 is 11.8 Å². The number of amides is 2. The molecule has 0 aromatic rings. The molecule has 1 unspecified atom stereocenters. The molecule has 1 atom stereocenters. The second-order valence-corrected chi connectivity index (χ2v) is 6.75. The highest BCUT2D eigenvalue weighted by Gasteiger charge is 2.52. The van der Waals surface area contributed by atoms with Crippen LogP contribution in [0.4, 0.5) is 0 Å². The van der Waals surface area contributed by atoms with E-state index in [-0.39, 0.29) is 17.9 Å². The Morgan fingerprint density at radius 1 is 1.11 bits per heavy atom. The van der Waals surface area contributed by atoms with Crippen LogP contribution >= 0.6 is 0 Å². The third kappa shape index (κ3) is 1.96. The van der Waals surface area contributed by atoms with Gasteiger partial charge in [0.15, 0.2) is 0 Å². The number of nitrogens with one attached hydrogen (secondary N) is 1. The summed E-state index contributed by atoms with van der Waals surface area (Å²) in [6.07, 6.45) is 7.04. The Hall–Kier alpha value is -1.06. The minimum absolute atomic E-state index is 0.0426. The molecule has 0 radical (unpaired) electrons. The van der Waals surface area contributed by atoms with E-state index in [4.69, 9.17) is 0 Å². The zero-order chi connectivity index (χ0) is 13.6. The lowest BCUT2D eigenvalue weighted by atomic mass is 9.75. The first-order valence-electron chi connectivity index (χ1n) is 7.68. The average Bonchev–Trinajstić information content (AvgIpc) is 2.36. The molecule has 1 heterocycles. The molecule has 1 N–H and O–H groups in total. The maximum atomic E-state index is 12.9. The van der Waals surface area contributed by atoms with E-state index >= 15 is 0 Å². The second kappa shape index (κ2) is 4.50. The van der Waals surface area contributed by atoms with Gasteiger partial charge in [0.2, 0.25) is 11.8 Å². The summed E-state index contributed by atoms with van der Waals surface area (Å²) >= 11 is 0. The third-order valence-corrected chi connectivity index (χ3v) is 5.25. The van der Waals surface area contributed by atoms with Gasteiger partial charge in [-0.05, 0) is 38.5 Å². The fraction of sp³-hybridized carbons (Fsp3) is 0.867. The molecule has 4 heteroatoms. The molecule has 2 saturated carbocycles. The first kappa shape index (κ1) is 12.9. The van der Waals surface area contributed by atoms with Crippen LogP contribution in [-0.2, 0) is 9.59 Å². The van der Waals surface area contributed by atoms with Crippen molar-refractivity contribution in [1.82, 2.24) is 10.2 Å². The third-order valence-electron chi connectivity index (χ3n) is 5.25. The van der Waals surface area contributed by atoms with Gasteiger partial charge >= 0.3 is 0 Å². The van der Waals surface area contributed by atoms with Crippen LogP contribution in [0.2, 0.25) is 0 Å². The lowest BCUT2D eigenvalue weighted by molar-refractivity contribution is -0.162. The van der Waals surface area contributed by atoms with Crippen LogP contribution in [0.5, 0.6) is 0 Å². The van der Waals surface area contributed by atoms with Gasteiger partial charge in [-0.1, -0.05) is 26.2 Å². The SMILES string of the molecule is CC1CC(N2C(=O)C3(CCCCC3)NC(=O)C2C)C1. The van der Waals surface area contributed by atoms with Crippen molar-refractivity contribution in [3.05, 3.63) is 0 Å². The fourth-order valence-corrected chi connectivity index (χ4v) is 4.01. The van der Waals surface area contributed by atoms with Crippen molar-refractivity contribution < 1.29 is 9.59 Å². The zero-order valence-corrected chi connectivity index (χ0v) is 11.9. The summed E-state index contributed by atoms with van der Waals surface area (Å²) in [5.74, 6) is 0.926. The summed E-state index contributed by atoms with van der Waals surface area (Å²) < 4.78 is 0. The highest BCUT2D eigenvalue weighted by Crippen LogP contribution is 2.39. The summed E-state index contributed by atoms with van der Waals surface area (Å²) in [6, 6.07) is -0.0000898. The lowest BCUT2D eigenvalue weighted by Crippen LogP contribution is -2.72. The van der Waals surface area contributed by atoms with E-state index in [1.54, 1.807) is 0 Å². The molecule has 3 fully saturated rings. The smallest absolute Gasteiger partial charge is 0.249 e. The molecule has 3 rings (SSSR count). The maximum absolute atomic E-state index is 12.9. The molecule has 19 heavy (non-hydrogen) atoms. The van der Waals surface area contributed by atoms with Crippen LogP contribution in [0, 0.1) is 5.92 Å². The lowest BCUT2D eigenvalue weighted by Gasteiger charge is -2.52. The van der Waals surface area contributed by atoms with Crippen molar-refractivity contribution in [2.75, 3.05) is 0 Å². The molecule has 1 aliphatic heterocycles. The van der Waals surface area contributed by atoms with Crippen molar-refractivity contribution in [2.45, 2.75) is 76.4 Å². The van der Waals surface area contributed by atoms with E-state index in [1.165, 1.54) is 6.42 Å². The topological polar surface area (TPSA) is 49.4 Å². The molecule has 3 aliphatic rings. The number of nitrogens with zero attached hydrogens (tertiary/aromatic N) is 1. The molecule has 2 aliphatic carbocycles. The molecule has 106 valence electrons. The van der Waals surface area contributed by atoms with E-state index < -0.39 is 5.54 Å². The number of hydrogen-bond donors (Lipinski definition) is 1. The molecule has 1 spiro atoms. The van der Waals surface area contributed by atoms with Gasteiger partial charge < -0.3 is 10.2 Å². The van der Waals surface area contributed by atoms with Crippen molar-refractivity contribution in [1.29, 1.82) is 0 Å². The second-order valence-electron chi connectivity index (χ2n) is 6.75. The number of carbonyl (C=O) groups is 2. The van der Waals surface area contributed by atoms with E-state index in [1.807, 2.05) is 11.8 Å². The molecular weight excluding hydrogens is 240 g/mol. The Bertz CT molecular complexity index is 395. The highest BCUT2D eigenvalue weighted by atomic mass is 16.2. The van der Waals surface area contributed by atoms with Crippen molar-refractivity contribution in [3.63, 3.8) is 0 Å². The minimum Gasteiger partial charge on any atom is -0.340 e. The monoisotopic (exact) mass is 264 g/mol. The molecule has 1 saturated heterocycles. The van der Waals surface area contributed by atoms with Gasteiger partial charge in [0.25, 0.3) is 0 Å². The maximum Gasteiger partial charge on any atom is 0.249 e. The number of carbonyl (C=O) groups excluding carboxylic acids is 2. The minimum atomic E-state index is -0.569. The molecule has 0 aromatic carbocycles. The molecular formula is C15H24N2O2. The summed E-state index contributed by atoms with van der Waals surface area (Å²) in [6.45, 7) is 4.08. The van der Waals surface area contributed by atoms with Crippen molar-refractivity contribution in [3.8, 4) is 0 Å². The average molecular weight is 264 g/mol. The number of rotatable bonds is 1. The Morgan fingerprint density at radius 2 is 1.74 bits per heavy atom. The quantitative estimate of drug-likeness (QED) is 0.785. The number of piperazine rings is 1. The Kier molecular flexibility index (Phi) is 3.06. The first-order chi connectivity index (χ1) is 9.03. The summed E-state index contributed by atoms with van der Waals surface area (Å²) in [5.41, 5.74) is -0.569. The molecule has 2 amide bonds. The van der Waals surface area contributed by atoms with Gasteiger partial charge in [-0.15, -0.1) is 0 Å². The molecule has 0 bridgehead atoms. The summed E-state index contributed by atoms with van der Waals surface area (Å²) in [4.78, 5) is 27.1. The predicted molar refractivity (Wildman–Crippen MR) is 72.5 cm³/mol. The van der Waals surface area contributed by atoms with Gasteiger partial charge in [0, 0.05) is 6.04 Å². The fourth-order valence-electron chi connectivity index (χ4n) is 4.01. The van der Waals surface area contributed by atoms with Gasteiger partial charge in [-0.2, -0.15) is 0 Å². The summed E-state index contributed by atoms with van der Waals surface area (Å²) in [7, 11) is 0. The van der Waals surface area contributed by atoms with Crippen molar-refractivity contribution in [2.24, 2.45) is 5.92 Å². The van der Waals surface area contributed by atoms with Crippen LogP contribution in [0.3, 0.4) is 0 Å². The zero-order valence-electron chi connectivity index (χ0n) is 11.9. The largest absolute Gasteiger partial charge is 0.340 e. The van der Waals surface area contributed by atoms with E-state index in [0.29, 0.717) is 12.0 Å². The van der Waals surface area contributed by atoms with Crippen LogP contribution < -0.4 is 5.32 Å². The number of hydrogen-bond acceptors (Lipinski definition) is 2. The Labute approximate surface area is 114 Å². The Morgan fingerprint density at radius 3 is 2.32 bits per heavy atom. The molecule has 0 aromatic heterocycles. The van der Waals surface area contributed by atoms with Gasteiger partial charge in [0.1, 0.15) is 11.6 Å². The van der Waals surface area contributed by atoms with Crippen LogP contribution in [0.15, 0.2) is 0 Å². The van der Waals surface area contributed by atoms with Gasteiger partial charge in [0.05, 0.1) is 0 Å². The predicted octanol–water partition coefficient (Wildman–Crippen LogP) is 1.83. The van der Waals surface area contributed by atoms with E-state index in [2.05, 4.69) is 12.2 Å². The van der Waals surface area contributed by atoms with Crippen LogP contribution in [-0.4, -0.2) is 34.3 Å².